The molecule has 0 aliphatic rings. The lowest BCUT2D eigenvalue weighted by molar-refractivity contribution is -0.115. The fourth-order valence-electron chi connectivity index (χ4n) is 2.56. The van der Waals surface area contributed by atoms with Gasteiger partial charge in [-0.25, -0.2) is 4.98 Å². The van der Waals surface area contributed by atoms with Crippen LogP contribution in [0.3, 0.4) is 0 Å². The Morgan fingerprint density at radius 3 is 2.64 bits per heavy atom. The van der Waals surface area contributed by atoms with Crippen molar-refractivity contribution in [1.82, 2.24) is 4.98 Å². The van der Waals surface area contributed by atoms with E-state index in [1.807, 2.05) is 62.4 Å². The number of aryl methyl sites for hydroxylation is 2. The molecule has 3 rings (SSSR count). The Balaban J connectivity index is 1.55. The lowest BCUT2D eigenvalue weighted by atomic mass is 10.1. The minimum absolute atomic E-state index is 0.138. The Labute approximate surface area is 168 Å². The highest BCUT2D eigenvalue weighted by Crippen LogP contribution is 2.19. The Morgan fingerprint density at radius 1 is 1.07 bits per heavy atom. The predicted octanol–water partition coefficient (Wildman–Crippen LogP) is 4.59. The van der Waals surface area contributed by atoms with Gasteiger partial charge in [0, 0.05) is 17.1 Å². The molecule has 0 saturated carbocycles. The Bertz CT molecular complexity index is 1010. The first-order valence-corrected chi connectivity index (χ1v) is 9.73. The van der Waals surface area contributed by atoms with Crippen LogP contribution in [0.15, 0.2) is 60.0 Å². The molecule has 2 N–H and O–H groups in total. The van der Waals surface area contributed by atoms with E-state index in [4.69, 9.17) is 0 Å². The summed E-state index contributed by atoms with van der Waals surface area (Å²) in [6, 6.07) is 15.5. The third-order valence-corrected chi connectivity index (χ3v) is 4.82. The van der Waals surface area contributed by atoms with Crippen LogP contribution in [0.5, 0.6) is 0 Å². The number of amides is 2. The number of aromatic nitrogens is 1. The second-order valence-corrected chi connectivity index (χ2v) is 7.28. The standard InChI is InChI=1S/C22H21N3O2S/c1-15-8-9-16(2)19(12-15)24-21(27)13-18-14-28-22(23-18)25-20(26)11-10-17-6-4-3-5-7-17/h3-12,14H,13H2,1-2H3,(H,24,27)(H,23,25,26)/b11-10+. The van der Waals surface area contributed by atoms with Gasteiger partial charge in [0.1, 0.15) is 0 Å². The Kier molecular flexibility index (Phi) is 6.34. The van der Waals surface area contributed by atoms with Crippen molar-refractivity contribution >= 4 is 40.0 Å². The van der Waals surface area contributed by atoms with E-state index in [0.717, 1.165) is 22.4 Å². The highest BCUT2D eigenvalue weighted by atomic mass is 32.1. The maximum absolute atomic E-state index is 12.3. The summed E-state index contributed by atoms with van der Waals surface area (Å²) in [6.07, 6.45) is 3.35. The number of benzene rings is 2. The van der Waals surface area contributed by atoms with Gasteiger partial charge < -0.3 is 5.32 Å². The predicted molar refractivity (Wildman–Crippen MR) is 114 cm³/mol. The molecule has 142 valence electrons. The molecular weight excluding hydrogens is 370 g/mol. The van der Waals surface area contributed by atoms with Crippen LogP contribution in [0.1, 0.15) is 22.4 Å². The van der Waals surface area contributed by atoms with Crippen molar-refractivity contribution < 1.29 is 9.59 Å². The number of nitrogens with one attached hydrogen (secondary N) is 2. The summed E-state index contributed by atoms with van der Waals surface area (Å²) in [5.74, 6) is -0.398. The van der Waals surface area contributed by atoms with Gasteiger partial charge in [-0.2, -0.15) is 0 Å². The summed E-state index contributed by atoms with van der Waals surface area (Å²) < 4.78 is 0. The number of thiazole rings is 1. The SMILES string of the molecule is Cc1ccc(C)c(NC(=O)Cc2csc(NC(=O)/C=C/c3ccccc3)n2)c1. The molecule has 5 nitrogen and oxygen atoms in total. The van der Waals surface area contributed by atoms with Crippen molar-refractivity contribution in [2.24, 2.45) is 0 Å². The second-order valence-electron chi connectivity index (χ2n) is 6.42. The molecule has 0 spiro atoms. The van der Waals surface area contributed by atoms with Gasteiger partial charge in [0.25, 0.3) is 0 Å². The molecule has 0 radical (unpaired) electrons. The largest absolute Gasteiger partial charge is 0.325 e. The minimum atomic E-state index is -0.260. The van der Waals surface area contributed by atoms with Crippen LogP contribution < -0.4 is 10.6 Å². The molecule has 6 heteroatoms. The van der Waals surface area contributed by atoms with E-state index < -0.39 is 0 Å². The molecule has 1 heterocycles. The topological polar surface area (TPSA) is 71.1 Å². The van der Waals surface area contributed by atoms with E-state index in [1.165, 1.54) is 17.4 Å². The molecule has 2 amide bonds. The summed E-state index contributed by atoms with van der Waals surface area (Å²) in [6.45, 7) is 3.94. The van der Waals surface area contributed by atoms with E-state index in [0.29, 0.717) is 10.8 Å². The lowest BCUT2D eigenvalue weighted by Crippen LogP contribution is -2.15. The van der Waals surface area contributed by atoms with Crippen LogP contribution in [0.2, 0.25) is 0 Å². The Hall–Kier alpha value is -3.25. The molecule has 28 heavy (non-hydrogen) atoms. The van der Waals surface area contributed by atoms with Crippen molar-refractivity contribution in [3.05, 3.63) is 82.4 Å². The normalized spacial score (nSPS) is 10.8. The first-order valence-electron chi connectivity index (χ1n) is 8.85. The molecule has 0 unspecified atom stereocenters. The minimum Gasteiger partial charge on any atom is -0.325 e. The zero-order chi connectivity index (χ0) is 19.9. The van der Waals surface area contributed by atoms with Gasteiger partial charge in [0.15, 0.2) is 5.13 Å². The number of rotatable bonds is 6. The summed E-state index contributed by atoms with van der Waals surface area (Å²) in [7, 11) is 0. The van der Waals surface area contributed by atoms with Gasteiger partial charge in [-0.15, -0.1) is 11.3 Å². The molecular formula is C22H21N3O2S. The van der Waals surface area contributed by atoms with E-state index in [1.54, 1.807) is 11.5 Å². The zero-order valence-corrected chi connectivity index (χ0v) is 16.5. The monoisotopic (exact) mass is 391 g/mol. The van der Waals surface area contributed by atoms with Crippen LogP contribution in [0, 0.1) is 13.8 Å². The zero-order valence-electron chi connectivity index (χ0n) is 15.7. The quantitative estimate of drug-likeness (QED) is 0.604. The number of carbonyl (C=O) groups is 2. The van der Waals surface area contributed by atoms with Gasteiger partial charge in [0.2, 0.25) is 11.8 Å². The van der Waals surface area contributed by atoms with Crippen LogP contribution in [0.25, 0.3) is 6.08 Å². The highest BCUT2D eigenvalue weighted by Gasteiger charge is 2.10. The molecule has 0 fully saturated rings. The average Bonchev–Trinajstić information content (AvgIpc) is 3.10. The van der Waals surface area contributed by atoms with E-state index in [2.05, 4.69) is 15.6 Å². The molecule has 0 aliphatic heterocycles. The van der Waals surface area contributed by atoms with Crippen molar-refractivity contribution in [1.29, 1.82) is 0 Å². The summed E-state index contributed by atoms with van der Waals surface area (Å²) in [5.41, 5.74) is 4.47. The van der Waals surface area contributed by atoms with Crippen molar-refractivity contribution in [2.75, 3.05) is 10.6 Å². The fourth-order valence-corrected chi connectivity index (χ4v) is 3.27. The molecule has 2 aromatic carbocycles. The highest BCUT2D eigenvalue weighted by molar-refractivity contribution is 7.14. The first kappa shape index (κ1) is 19.5. The van der Waals surface area contributed by atoms with E-state index >= 15 is 0 Å². The first-order chi connectivity index (χ1) is 13.5. The maximum Gasteiger partial charge on any atom is 0.250 e. The summed E-state index contributed by atoms with van der Waals surface area (Å²) >= 11 is 1.30. The number of anilines is 2. The maximum atomic E-state index is 12.3. The lowest BCUT2D eigenvalue weighted by Gasteiger charge is -2.08. The van der Waals surface area contributed by atoms with Crippen molar-refractivity contribution in [3.8, 4) is 0 Å². The number of carbonyl (C=O) groups excluding carboxylic acids is 2. The van der Waals surface area contributed by atoms with E-state index in [9.17, 15) is 9.59 Å². The molecule has 0 aliphatic carbocycles. The van der Waals surface area contributed by atoms with Crippen LogP contribution in [0.4, 0.5) is 10.8 Å². The van der Waals surface area contributed by atoms with Gasteiger partial charge in [0.05, 0.1) is 12.1 Å². The smallest absolute Gasteiger partial charge is 0.250 e. The molecule has 0 saturated heterocycles. The molecule has 0 atom stereocenters. The molecule has 3 aromatic rings. The van der Waals surface area contributed by atoms with Crippen LogP contribution in [-0.4, -0.2) is 16.8 Å². The number of hydrogen-bond acceptors (Lipinski definition) is 4. The molecule has 1 aromatic heterocycles. The number of nitrogens with zero attached hydrogens (tertiary/aromatic N) is 1. The average molecular weight is 391 g/mol. The third kappa shape index (κ3) is 5.62. The van der Waals surface area contributed by atoms with Crippen LogP contribution >= 0.6 is 11.3 Å². The summed E-state index contributed by atoms with van der Waals surface area (Å²) in [5, 5.41) is 7.88. The van der Waals surface area contributed by atoms with Crippen LogP contribution in [-0.2, 0) is 16.0 Å². The van der Waals surface area contributed by atoms with Crippen molar-refractivity contribution in [3.63, 3.8) is 0 Å². The van der Waals surface area contributed by atoms with Gasteiger partial charge in [-0.3, -0.25) is 14.9 Å². The van der Waals surface area contributed by atoms with Gasteiger partial charge in [-0.05, 0) is 42.7 Å². The van der Waals surface area contributed by atoms with Gasteiger partial charge in [-0.1, -0.05) is 42.5 Å². The Morgan fingerprint density at radius 2 is 1.86 bits per heavy atom. The van der Waals surface area contributed by atoms with Crippen molar-refractivity contribution in [2.45, 2.75) is 20.3 Å². The number of hydrogen-bond donors (Lipinski definition) is 2. The van der Waals surface area contributed by atoms with E-state index in [-0.39, 0.29) is 18.2 Å². The summed E-state index contributed by atoms with van der Waals surface area (Å²) in [4.78, 5) is 28.6. The molecule has 0 bridgehead atoms. The van der Waals surface area contributed by atoms with Gasteiger partial charge >= 0.3 is 0 Å². The second kappa shape index (κ2) is 9.10. The third-order valence-electron chi connectivity index (χ3n) is 4.02. The fraction of sp³-hybridized carbons (Fsp3) is 0.136.